The van der Waals surface area contributed by atoms with E-state index in [0.29, 0.717) is 31.1 Å². The lowest BCUT2D eigenvalue weighted by molar-refractivity contribution is -0.146. The number of anilines is 4. The molecule has 5 rings (SSSR count). The fourth-order valence-electron chi connectivity index (χ4n) is 4.82. The van der Waals surface area contributed by atoms with Crippen LogP contribution >= 0.6 is 0 Å². The highest BCUT2D eigenvalue weighted by Gasteiger charge is 2.47. The number of carbonyl (C=O) groups excluding carboxylic acids is 1. The van der Waals surface area contributed by atoms with Gasteiger partial charge in [-0.3, -0.25) is 10.2 Å². The van der Waals surface area contributed by atoms with Crippen LogP contribution in [0.4, 0.5) is 41.1 Å². The standard InChI is InChI=1S/C21H23F3N6O/c22-21(23,24)16-6-4-12-29(16)18-9-8-15-19(27-18)30(14-5-3-11-28(15)13-14)20(31)26-17-7-1-2-10-25-17/h1-2,7-10,14,16H,3-6,11-13H2,(H,25,26,31)/t14-,16-/m0/s1. The molecule has 0 radical (unpaired) electrons. The third-order valence-corrected chi connectivity index (χ3v) is 6.21. The summed E-state index contributed by atoms with van der Waals surface area (Å²) in [5, 5.41) is 2.80. The van der Waals surface area contributed by atoms with Crippen molar-refractivity contribution in [3.63, 3.8) is 0 Å². The van der Waals surface area contributed by atoms with E-state index >= 15 is 0 Å². The molecule has 31 heavy (non-hydrogen) atoms. The normalized spacial score (nSPS) is 23.0. The third kappa shape index (κ3) is 3.64. The van der Waals surface area contributed by atoms with Crippen molar-refractivity contribution in [2.45, 2.75) is 43.9 Å². The number of amides is 2. The van der Waals surface area contributed by atoms with Crippen molar-refractivity contribution >= 4 is 29.2 Å². The molecule has 0 aliphatic carbocycles. The fraction of sp³-hybridized carbons (Fsp3) is 0.476. The molecule has 5 heterocycles. The number of urea groups is 1. The van der Waals surface area contributed by atoms with E-state index < -0.39 is 12.2 Å². The van der Waals surface area contributed by atoms with Crippen LogP contribution < -0.4 is 20.0 Å². The number of halogens is 3. The number of piperidine rings is 1. The number of pyridine rings is 2. The maximum atomic E-state index is 13.5. The number of fused-ring (bicyclic) bond motifs is 4. The number of aromatic nitrogens is 2. The largest absolute Gasteiger partial charge is 0.408 e. The molecule has 2 bridgehead atoms. The Bertz CT molecular complexity index is 969. The maximum absolute atomic E-state index is 13.5. The molecule has 0 unspecified atom stereocenters. The van der Waals surface area contributed by atoms with Gasteiger partial charge < -0.3 is 9.80 Å². The molecule has 3 aliphatic heterocycles. The Morgan fingerprint density at radius 3 is 2.71 bits per heavy atom. The van der Waals surface area contributed by atoms with Crippen molar-refractivity contribution in [2.75, 3.05) is 39.7 Å². The Balaban J connectivity index is 1.51. The first kappa shape index (κ1) is 19.9. The second-order valence-electron chi connectivity index (χ2n) is 8.16. The lowest BCUT2D eigenvalue weighted by Gasteiger charge is -2.46. The van der Waals surface area contributed by atoms with E-state index in [0.717, 1.165) is 25.1 Å². The fourth-order valence-corrected chi connectivity index (χ4v) is 4.82. The second kappa shape index (κ2) is 7.58. The van der Waals surface area contributed by atoms with E-state index in [9.17, 15) is 18.0 Å². The van der Waals surface area contributed by atoms with Gasteiger partial charge in [-0.1, -0.05) is 6.07 Å². The average molecular weight is 432 g/mol. The van der Waals surface area contributed by atoms with Gasteiger partial charge >= 0.3 is 12.2 Å². The smallest absolute Gasteiger partial charge is 0.366 e. The van der Waals surface area contributed by atoms with Gasteiger partial charge in [-0.2, -0.15) is 13.2 Å². The molecule has 3 aliphatic rings. The molecule has 10 heteroatoms. The van der Waals surface area contributed by atoms with Crippen LogP contribution in [-0.2, 0) is 0 Å². The van der Waals surface area contributed by atoms with Crippen molar-refractivity contribution < 1.29 is 18.0 Å². The number of rotatable bonds is 2. The van der Waals surface area contributed by atoms with Crippen LogP contribution in [0.2, 0.25) is 0 Å². The van der Waals surface area contributed by atoms with Crippen molar-refractivity contribution in [3.05, 3.63) is 36.5 Å². The van der Waals surface area contributed by atoms with Crippen LogP contribution in [0.25, 0.3) is 0 Å². The van der Waals surface area contributed by atoms with Gasteiger partial charge in [-0.15, -0.1) is 0 Å². The predicted molar refractivity (Wildman–Crippen MR) is 112 cm³/mol. The first-order chi connectivity index (χ1) is 14.9. The Labute approximate surface area is 177 Å². The number of nitrogens with one attached hydrogen (secondary N) is 1. The summed E-state index contributed by atoms with van der Waals surface area (Å²) in [5.74, 6) is 1.09. The zero-order valence-corrected chi connectivity index (χ0v) is 16.8. The lowest BCUT2D eigenvalue weighted by atomic mass is 10.00. The van der Waals surface area contributed by atoms with Gasteiger partial charge in [0.15, 0.2) is 5.82 Å². The van der Waals surface area contributed by atoms with Crippen molar-refractivity contribution in [1.82, 2.24) is 9.97 Å². The zero-order chi connectivity index (χ0) is 21.6. The van der Waals surface area contributed by atoms with Crippen LogP contribution in [0.3, 0.4) is 0 Å². The summed E-state index contributed by atoms with van der Waals surface area (Å²) in [6.45, 7) is 1.82. The van der Waals surface area contributed by atoms with E-state index in [2.05, 4.69) is 20.2 Å². The highest BCUT2D eigenvalue weighted by molar-refractivity contribution is 6.04. The summed E-state index contributed by atoms with van der Waals surface area (Å²) in [6.07, 6.45) is -0.469. The van der Waals surface area contributed by atoms with Crippen LogP contribution in [0.1, 0.15) is 25.7 Å². The molecule has 2 amide bonds. The summed E-state index contributed by atoms with van der Waals surface area (Å²) in [7, 11) is 0. The third-order valence-electron chi connectivity index (χ3n) is 6.21. The topological polar surface area (TPSA) is 64.6 Å². The quantitative estimate of drug-likeness (QED) is 0.776. The molecule has 2 aromatic rings. The number of hydrogen-bond acceptors (Lipinski definition) is 5. The highest BCUT2D eigenvalue weighted by atomic mass is 19.4. The minimum Gasteiger partial charge on any atom is -0.366 e. The molecule has 2 aromatic heterocycles. The predicted octanol–water partition coefficient (Wildman–Crippen LogP) is 4.03. The van der Waals surface area contributed by atoms with Gasteiger partial charge in [-0.05, 0) is 49.9 Å². The molecule has 0 saturated carbocycles. The van der Waals surface area contributed by atoms with E-state index in [4.69, 9.17) is 0 Å². The molecule has 164 valence electrons. The maximum Gasteiger partial charge on any atom is 0.408 e. The Hall–Kier alpha value is -3.04. The minimum absolute atomic E-state index is 0.0564. The highest BCUT2D eigenvalue weighted by Crippen LogP contribution is 2.41. The molecular weight excluding hydrogens is 409 g/mol. The zero-order valence-electron chi connectivity index (χ0n) is 16.8. The molecular formula is C21H23F3N6O. The van der Waals surface area contributed by atoms with Gasteiger partial charge in [0.05, 0.1) is 11.7 Å². The van der Waals surface area contributed by atoms with E-state index in [1.54, 1.807) is 41.4 Å². The molecule has 2 atom stereocenters. The average Bonchev–Trinajstić information content (AvgIpc) is 3.25. The first-order valence-electron chi connectivity index (χ1n) is 10.5. The summed E-state index contributed by atoms with van der Waals surface area (Å²) >= 11 is 0. The Morgan fingerprint density at radius 1 is 1.10 bits per heavy atom. The van der Waals surface area contributed by atoms with Crippen molar-refractivity contribution in [2.24, 2.45) is 0 Å². The molecule has 0 aromatic carbocycles. The molecule has 2 saturated heterocycles. The van der Waals surface area contributed by atoms with Gasteiger partial charge in [0, 0.05) is 25.8 Å². The van der Waals surface area contributed by atoms with Crippen molar-refractivity contribution in [1.29, 1.82) is 0 Å². The van der Waals surface area contributed by atoms with Gasteiger partial charge in [0.1, 0.15) is 17.7 Å². The van der Waals surface area contributed by atoms with Crippen LogP contribution in [0, 0.1) is 0 Å². The Kier molecular flexibility index (Phi) is 4.86. The summed E-state index contributed by atoms with van der Waals surface area (Å²) in [4.78, 5) is 27.0. The van der Waals surface area contributed by atoms with Gasteiger partial charge in [0.2, 0.25) is 0 Å². The van der Waals surface area contributed by atoms with Gasteiger partial charge in [0.25, 0.3) is 0 Å². The molecule has 7 nitrogen and oxygen atoms in total. The van der Waals surface area contributed by atoms with Crippen molar-refractivity contribution in [3.8, 4) is 0 Å². The first-order valence-corrected chi connectivity index (χ1v) is 10.5. The lowest BCUT2D eigenvalue weighted by Crippen LogP contribution is -2.56. The SMILES string of the molecule is O=C(Nc1ccccn1)N1c2nc(N3CCC[C@H]3C(F)(F)F)ccc2N2CCC[C@H]1C2. The second-order valence-corrected chi connectivity index (χ2v) is 8.16. The van der Waals surface area contributed by atoms with Crippen LogP contribution in [-0.4, -0.2) is 53.9 Å². The van der Waals surface area contributed by atoms with Gasteiger partial charge in [-0.25, -0.2) is 14.8 Å². The Morgan fingerprint density at radius 2 is 1.94 bits per heavy atom. The number of carbonyl (C=O) groups is 1. The molecule has 1 N–H and O–H groups in total. The van der Waals surface area contributed by atoms with E-state index in [1.165, 1.54) is 4.90 Å². The number of hydrogen-bond donors (Lipinski definition) is 1. The van der Waals surface area contributed by atoms with Crippen LogP contribution in [0.5, 0.6) is 0 Å². The number of nitrogens with zero attached hydrogens (tertiary/aromatic N) is 5. The summed E-state index contributed by atoms with van der Waals surface area (Å²) < 4.78 is 40.5. The van der Waals surface area contributed by atoms with E-state index in [1.807, 2.05) is 0 Å². The summed E-state index contributed by atoms with van der Waals surface area (Å²) in [5.41, 5.74) is 0.777. The molecule has 0 spiro atoms. The number of alkyl halides is 3. The monoisotopic (exact) mass is 432 g/mol. The van der Waals surface area contributed by atoms with E-state index in [-0.39, 0.29) is 24.3 Å². The molecule has 2 fully saturated rings. The minimum atomic E-state index is -4.32. The van der Waals surface area contributed by atoms with Crippen LogP contribution in [0.15, 0.2) is 36.5 Å². The summed E-state index contributed by atoms with van der Waals surface area (Å²) in [6, 6.07) is 6.66.